The van der Waals surface area contributed by atoms with Gasteiger partial charge in [-0.15, -0.1) is 0 Å². The molecule has 0 heterocycles. The van der Waals surface area contributed by atoms with Crippen molar-refractivity contribution in [1.29, 1.82) is 0 Å². The van der Waals surface area contributed by atoms with Crippen LogP contribution < -0.4 is 5.73 Å². The zero-order valence-electron chi connectivity index (χ0n) is 9.69. The van der Waals surface area contributed by atoms with Crippen LogP contribution in [0, 0.1) is 17.0 Å². The van der Waals surface area contributed by atoms with Crippen LogP contribution in [-0.2, 0) is 5.54 Å². The molecule has 1 aromatic carbocycles. The molecular weight excluding hydrogens is 208 g/mol. The summed E-state index contributed by atoms with van der Waals surface area (Å²) in [5.41, 5.74) is 5.69. The predicted octanol–water partition coefficient (Wildman–Crippen LogP) is 3.33. The van der Waals surface area contributed by atoms with Gasteiger partial charge in [-0.1, -0.05) is 32.4 Å². The molecule has 3 heteroatoms. The van der Waals surface area contributed by atoms with E-state index in [9.17, 15) is 8.78 Å². The lowest BCUT2D eigenvalue weighted by atomic mass is 9.71. The topological polar surface area (TPSA) is 26.0 Å². The third-order valence-corrected chi connectivity index (χ3v) is 4.01. The molecule has 2 N–H and O–H groups in total. The maximum absolute atomic E-state index is 13.8. The van der Waals surface area contributed by atoms with Crippen molar-refractivity contribution in [2.75, 3.05) is 0 Å². The Morgan fingerprint density at radius 2 is 1.88 bits per heavy atom. The minimum absolute atomic E-state index is 0.193. The number of rotatable bonds is 1. The van der Waals surface area contributed by atoms with E-state index in [1.165, 1.54) is 6.07 Å². The van der Waals surface area contributed by atoms with Crippen molar-refractivity contribution >= 4 is 0 Å². The number of hydrogen-bond acceptors (Lipinski definition) is 1. The van der Waals surface area contributed by atoms with E-state index in [2.05, 4.69) is 0 Å². The van der Waals surface area contributed by atoms with Gasteiger partial charge in [0.2, 0.25) is 0 Å². The highest BCUT2D eigenvalue weighted by Gasteiger charge is 2.48. The van der Waals surface area contributed by atoms with Crippen molar-refractivity contribution in [3.63, 3.8) is 0 Å². The first-order valence-electron chi connectivity index (χ1n) is 5.62. The zero-order valence-corrected chi connectivity index (χ0v) is 9.69. The summed E-state index contributed by atoms with van der Waals surface area (Å²) in [6.45, 7) is 4.04. The van der Waals surface area contributed by atoms with Crippen LogP contribution in [0.2, 0.25) is 0 Å². The Labute approximate surface area is 94.7 Å². The van der Waals surface area contributed by atoms with Crippen LogP contribution in [0.15, 0.2) is 18.2 Å². The third kappa shape index (κ3) is 1.46. The molecule has 1 fully saturated rings. The maximum Gasteiger partial charge on any atom is 0.163 e. The van der Waals surface area contributed by atoms with Crippen LogP contribution in [-0.4, -0.2) is 0 Å². The second-order valence-electron chi connectivity index (χ2n) is 5.31. The molecule has 1 unspecified atom stereocenters. The van der Waals surface area contributed by atoms with Gasteiger partial charge in [0.05, 0.1) is 0 Å². The van der Waals surface area contributed by atoms with E-state index in [0.717, 1.165) is 18.9 Å². The van der Waals surface area contributed by atoms with Crippen molar-refractivity contribution in [2.24, 2.45) is 11.1 Å². The molecule has 2 rings (SSSR count). The molecule has 0 spiro atoms. The van der Waals surface area contributed by atoms with Gasteiger partial charge < -0.3 is 5.73 Å². The Morgan fingerprint density at radius 3 is 2.44 bits per heavy atom. The summed E-state index contributed by atoms with van der Waals surface area (Å²) >= 11 is 0. The van der Waals surface area contributed by atoms with E-state index < -0.39 is 17.2 Å². The van der Waals surface area contributed by atoms with Crippen LogP contribution in [0.4, 0.5) is 8.78 Å². The molecule has 0 bridgehead atoms. The average molecular weight is 225 g/mol. The minimum atomic E-state index is -0.815. The Kier molecular flexibility index (Phi) is 2.54. The molecule has 1 atom stereocenters. The van der Waals surface area contributed by atoms with E-state index in [0.29, 0.717) is 12.0 Å². The summed E-state index contributed by atoms with van der Waals surface area (Å²) in [5.74, 6) is -1.61. The first kappa shape index (κ1) is 11.5. The minimum Gasteiger partial charge on any atom is -0.321 e. The third-order valence-electron chi connectivity index (χ3n) is 4.01. The number of halogens is 2. The number of nitrogens with two attached hydrogens (primary N) is 1. The highest BCUT2D eigenvalue weighted by atomic mass is 19.2. The van der Waals surface area contributed by atoms with E-state index in [-0.39, 0.29) is 5.41 Å². The van der Waals surface area contributed by atoms with Crippen molar-refractivity contribution in [1.82, 2.24) is 0 Å². The Morgan fingerprint density at radius 1 is 1.19 bits per heavy atom. The number of hydrogen-bond donors (Lipinski definition) is 1. The lowest BCUT2D eigenvalue weighted by Crippen LogP contribution is -2.46. The van der Waals surface area contributed by atoms with Gasteiger partial charge in [-0.2, -0.15) is 0 Å². The van der Waals surface area contributed by atoms with Crippen LogP contribution in [0.1, 0.15) is 38.7 Å². The summed E-state index contributed by atoms with van der Waals surface area (Å²) < 4.78 is 27.0. The highest BCUT2D eigenvalue weighted by Crippen LogP contribution is 2.51. The molecule has 1 aliphatic carbocycles. The van der Waals surface area contributed by atoms with Gasteiger partial charge in [0, 0.05) is 11.1 Å². The normalized spacial score (nSPS) is 28.3. The van der Waals surface area contributed by atoms with Crippen molar-refractivity contribution < 1.29 is 8.78 Å². The quantitative estimate of drug-likeness (QED) is 0.779. The fourth-order valence-corrected chi connectivity index (χ4v) is 2.72. The summed E-state index contributed by atoms with van der Waals surface area (Å²) in [7, 11) is 0. The molecule has 0 radical (unpaired) electrons. The van der Waals surface area contributed by atoms with E-state index in [4.69, 9.17) is 5.73 Å². The van der Waals surface area contributed by atoms with Crippen molar-refractivity contribution in [3.8, 4) is 0 Å². The molecule has 1 aromatic rings. The van der Waals surface area contributed by atoms with Crippen LogP contribution in [0.5, 0.6) is 0 Å². The Hall–Kier alpha value is -0.960. The monoisotopic (exact) mass is 225 g/mol. The van der Waals surface area contributed by atoms with Crippen LogP contribution in [0.3, 0.4) is 0 Å². The van der Waals surface area contributed by atoms with Gasteiger partial charge >= 0.3 is 0 Å². The number of benzene rings is 1. The summed E-state index contributed by atoms with van der Waals surface area (Å²) in [4.78, 5) is 0. The molecule has 0 aromatic heterocycles. The van der Waals surface area contributed by atoms with E-state index in [1.807, 2.05) is 13.8 Å². The maximum atomic E-state index is 13.8. The standard InChI is InChI=1S/C13H17F2N/c1-12(2)7-4-8-13(12,16)9-5-3-6-10(14)11(9)15/h3,5-6H,4,7-8,16H2,1-2H3. The molecule has 88 valence electrons. The largest absolute Gasteiger partial charge is 0.321 e. The van der Waals surface area contributed by atoms with Crippen molar-refractivity contribution in [3.05, 3.63) is 35.4 Å². The fourth-order valence-electron chi connectivity index (χ4n) is 2.72. The van der Waals surface area contributed by atoms with Gasteiger partial charge in [-0.05, 0) is 24.3 Å². The first-order chi connectivity index (χ1) is 7.38. The second-order valence-corrected chi connectivity index (χ2v) is 5.31. The molecule has 0 aliphatic heterocycles. The van der Waals surface area contributed by atoms with Gasteiger partial charge in [0.25, 0.3) is 0 Å². The Bertz CT molecular complexity index is 414. The van der Waals surface area contributed by atoms with E-state index >= 15 is 0 Å². The van der Waals surface area contributed by atoms with Crippen LogP contribution in [0.25, 0.3) is 0 Å². The smallest absolute Gasteiger partial charge is 0.163 e. The summed E-state index contributed by atoms with van der Waals surface area (Å²) in [6, 6.07) is 4.26. The lowest BCUT2D eigenvalue weighted by Gasteiger charge is -2.38. The second kappa shape index (κ2) is 3.52. The van der Waals surface area contributed by atoms with Gasteiger partial charge in [-0.3, -0.25) is 0 Å². The highest BCUT2D eigenvalue weighted by molar-refractivity contribution is 5.30. The fraction of sp³-hybridized carbons (Fsp3) is 0.538. The summed E-state index contributed by atoms with van der Waals surface area (Å²) in [5, 5.41) is 0. The average Bonchev–Trinajstić information content (AvgIpc) is 2.47. The van der Waals surface area contributed by atoms with E-state index in [1.54, 1.807) is 6.07 Å². The molecule has 1 aliphatic rings. The van der Waals surface area contributed by atoms with Gasteiger partial charge in [0.15, 0.2) is 11.6 Å². The molecular formula is C13H17F2N. The molecule has 1 nitrogen and oxygen atoms in total. The van der Waals surface area contributed by atoms with Crippen molar-refractivity contribution in [2.45, 2.75) is 38.6 Å². The van der Waals surface area contributed by atoms with Gasteiger partial charge in [-0.25, -0.2) is 8.78 Å². The first-order valence-corrected chi connectivity index (χ1v) is 5.62. The molecule has 0 amide bonds. The lowest BCUT2D eigenvalue weighted by molar-refractivity contribution is 0.202. The predicted molar refractivity (Wildman–Crippen MR) is 59.9 cm³/mol. The molecule has 0 saturated heterocycles. The Balaban J connectivity index is 2.55. The zero-order chi connectivity index (χ0) is 12.0. The molecule has 16 heavy (non-hydrogen) atoms. The summed E-state index contributed by atoms with van der Waals surface area (Å²) in [6.07, 6.45) is 2.61. The van der Waals surface area contributed by atoms with Crippen LogP contribution >= 0.6 is 0 Å². The van der Waals surface area contributed by atoms with Gasteiger partial charge in [0.1, 0.15) is 0 Å². The SMILES string of the molecule is CC1(C)CCCC1(N)c1cccc(F)c1F. The molecule has 1 saturated carbocycles.